The second-order valence-electron chi connectivity index (χ2n) is 5.82. The zero-order chi connectivity index (χ0) is 16.4. The lowest BCUT2D eigenvalue weighted by Gasteiger charge is -2.39. The summed E-state index contributed by atoms with van der Waals surface area (Å²) < 4.78 is 1.54. The smallest absolute Gasteiger partial charge is 0.266 e. The molecule has 4 heterocycles. The van der Waals surface area contributed by atoms with Crippen LogP contribution in [0.15, 0.2) is 60.0 Å². The topological polar surface area (TPSA) is 76.8 Å². The van der Waals surface area contributed by atoms with Gasteiger partial charge in [0.2, 0.25) is 0 Å². The molecule has 1 aliphatic rings. The van der Waals surface area contributed by atoms with Crippen molar-refractivity contribution >= 4 is 5.82 Å². The Morgan fingerprint density at radius 2 is 1.92 bits per heavy atom. The van der Waals surface area contributed by atoms with Gasteiger partial charge in [-0.05, 0) is 18.2 Å². The van der Waals surface area contributed by atoms with Crippen molar-refractivity contribution in [2.24, 2.45) is 5.92 Å². The molecule has 0 spiro atoms. The van der Waals surface area contributed by atoms with E-state index in [1.165, 1.54) is 0 Å². The molecule has 0 atom stereocenters. The van der Waals surface area contributed by atoms with E-state index in [1.54, 1.807) is 47.8 Å². The molecule has 3 aromatic heterocycles. The average Bonchev–Trinajstić information content (AvgIpc) is 2.60. The molecule has 0 bridgehead atoms. The van der Waals surface area contributed by atoms with Crippen LogP contribution in [0.1, 0.15) is 0 Å². The Kier molecular flexibility index (Phi) is 3.74. The molecule has 1 aliphatic heterocycles. The van der Waals surface area contributed by atoms with Gasteiger partial charge in [0, 0.05) is 55.4 Å². The van der Waals surface area contributed by atoms with E-state index < -0.39 is 0 Å². The summed E-state index contributed by atoms with van der Waals surface area (Å²) in [5, 5.41) is 4.48. The van der Waals surface area contributed by atoms with E-state index in [2.05, 4.69) is 25.0 Å². The third-order valence-electron chi connectivity index (χ3n) is 4.09. The highest BCUT2D eigenvalue weighted by atomic mass is 16.1. The number of pyridine rings is 1. The Bertz CT molecular complexity index is 874. The number of rotatable bonds is 4. The van der Waals surface area contributed by atoms with Crippen molar-refractivity contribution in [2.75, 3.05) is 18.0 Å². The molecule has 24 heavy (non-hydrogen) atoms. The molecule has 4 rings (SSSR count). The van der Waals surface area contributed by atoms with Gasteiger partial charge >= 0.3 is 0 Å². The summed E-state index contributed by atoms with van der Waals surface area (Å²) in [7, 11) is 0. The number of aromatic nitrogens is 5. The summed E-state index contributed by atoms with van der Waals surface area (Å²) in [5.74, 6) is 1.25. The number of nitrogens with zero attached hydrogens (tertiary/aromatic N) is 6. The normalized spacial score (nSPS) is 14.4. The van der Waals surface area contributed by atoms with Gasteiger partial charge in [-0.1, -0.05) is 0 Å². The van der Waals surface area contributed by atoms with Gasteiger partial charge in [-0.15, -0.1) is 0 Å². The Morgan fingerprint density at radius 3 is 2.67 bits per heavy atom. The maximum atomic E-state index is 12.1. The van der Waals surface area contributed by atoms with Crippen molar-refractivity contribution in [1.82, 2.24) is 24.7 Å². The van der Waals surface area contributed by atoms with E-state index in [1.807, 2.05) is 12.1 Å². The first-order chi connectivity index (χ1) is 11.8. The Labute approximate surface area is 138 Å². The molecule has 1 fully saturated rings. The fourth-order valence-corrected chi connectivity index (χ4v) is 2.82. The lowest BCUT2D eigenvalue weighted by Crippen LogP contribution is -2.50. The van der Waals surface area contributed by atoms with E-state index in [-0.39, 0.29) is 5.56 Å². The predicted octanol–water partition coefficient (Wildman–Crippen LogP) is 1.23. The van der Waals surface area contributed by atoms with E-state index in [0.29, 0.717) is 12.5 Å². The molecule has 0 N–H and O–H groups in total. The lowest BCUT2D eigenvalue weighted by atomic mass is 10.0. The van der Waals surface area contributed by atoms with Crippen LogP contribution in [0, 0.1) is 5.92 Å². The standard InChI is InChI=1S/C17H16N6O/c24-17-4-3-15(14-2-1-5-18-8-14)21-23(17)12-13-10-22(11-13)16-9-19-6-7-20-16/h1-9,13H,10-12H2. The zero-order valence-electron chi connectivity index (χ0n) is 13.0. The second-order valence-corrected chi connectivity index (χ2v) is 5.82. The average molecular weight is 320 g/mol. The molecule has 7 nitrogen and oxygen atoms in total. The molecule has 1 saturated heterocycles. The third-order valence-corrected chi connectivity index (χ3v) is 4.09. The second kappa shape index (κ2) is 6.19. The molecule has 0 radical (unpaired) electrons. The minimum Gasteiger partial charge on any atom is -0.355 e. The van der Waals surface area contributed by atoms with Gasteiger partial charge in [0.25, 0.3) is 5.56 Å². The summed E-state index contributed by atoms with van der Waals surface area (Å²) in [6.45, 7) is 2.30. The van der Waals surface area contributed by atoms with Gasteiger partial charge in [0.1, 0.15) is 5.82 Å². The van der Waals surface area contributed by atoms with Crippen LogP contribution in [0.4, 0.5) is 5.82 Å². The van der Waals surface area contributed by atoms with Crippen LogP contribution in [0.25, 0.3) is 11.3 Å². The molecule has 120 valence electrons. The van der Waals surface area contributed by atoms with Crippen LogP contribution in [0.5, 0.6) is 0 Å². The third kappa shape index (κ3) is 2.88. The van der Waals surface area contributed by atoms with Gasteiger partial charge < -0.3 is 4.90 Å². The van der Waals surface area contributed by atoms with E-state index in [4.69, 9.17) is 0 Å². The van der Waals surface area contributed by atoms with Crippen LogP contribution in [-0.2, 0) is 6.54 Å². The number of hydrogen-bond donors (Lipinski definition) is 0. The van der Waals surface area contributed by atoms with Crippen molar-refractivity contribution in [1.29, 1.82) is 0 Å². The molecular weight excluding hydrogens is 304 g/mol. The summed E-state index contributed by atoms with van der Waals surface area (Å²) >= 11 is 0. The molecule has 3 aromatic rings. The summed E-state index contributed by atoms with van der Waals surface area (Å²) in [6.07, 6.45) is 8.56. The van der Waals surface area contributed by atoms with Crippen molar-refractivity contribution in [3.05, 3.63) is 65.6 Å². The Balaban J connectivity index is 1.47. The molecule has 0 aromatic carbocycles. The van der Waals surface area contributed by atoms with E-state index in [0.717, 1.165) is 30.2 Å². The maximum absolute atomic E-state index is 12.1. The van der Waals surface area contributed by atoms with Crippen LogP contribution >= 0.6 is 0 Å². The minimum absolute atomic E-state index is 0.0828. The first-order valence-corrected chi connectivity index (χ1v) is 7.79. The summed E-state index contributed by atoms with van der Waals surface area (Å²) in [6, 6.07) is 7.09. The maximum Gasteiger partial charge on any atom is 0.266 e. The van der Waals surface area contributed by atoms with Crippen LogP contribution in [-0.4, -0.2) is 37.8 Å². The predicted molar refractivity (Wildman–Crippen MR) is 89.5 cm³/mol. The highest BCUT2D eigenvalue weighted by Gasteiger charge is 2.28. The monoisotopic (exact) mass is 320 g/mol. The molecule has 0 saturated carbocycles. The Hall–Kier alpha value is -3.09. The lowest BCUT2D eigenvalue weighted by molar-refractivity contribution is 0.333. The highest BCUT2D eigenvalue weighted by molar-refractivity contribution is 5.56. The first-order valence-electron chi connectivity index (χ1n) is 7.79. The first kappa shape index (κ1) is 14.5. The fraction of sp³-hybridized carbons (Fsp3) is 0.235. The summed E-state index contributed by atoms with van der Waals surface area (Å²) in [4.78, 5) is 26.7. The summed E-state index contributed by atoms with van der Waals surface area (Å²) in [5.41, 5.74) is 1.58. The van der Waals surface area contributed by atoms with Crippen molar-refractivity contribution in [2.45, 2.75) is 6.54 Å². The van der Waals surface area contributed by atoms with Crippen LogP contribution < -0.4 is 10.5 Å². The Morgan fingerprint density at radius 1 is 1.04 bits per heavy atom. The van der Waals surface area contributed by atoms with Gasteiger partial charge in [-0.3, -0.25) is 14.8 Å². The number of hydrogen-bond acceptors (Lipinski definition) is 6. The molecule has 0 aliphatic carbocycles. The molecule has 7 heteroatoms. The molecule has 0 amide bonds. The molecule has 0 unspecified atom stereocenters. The van der Waals surface area contributed by atoms with E-state index >= 15 is 0 Å². The SMILES string of the molecule is O=c1ccc(-c2cccnc2)nn1CC1CN(c2cnccn2)C1. The quantitative estimate of drug-likeness (QED) is 0.719. The molecular formula is C17H16N6O. The minimum atomic E-state index is -0.0828. The fourth-order valence-electron chi connectivity index (χ4n) is 2.82. The zero-order valence-corrected chi connectivity index (χ0v) is 13.0. The highest BCUT2D eigenvalue weighted by Crippen LogP contribution is 2.22. The van der Waals surface area contributed by atoms with Crippen molar-refractivity contribution < 1.29 is 0 Å². The largest absolute Gasteiger partial charge is 0.355 e. The van der Waals surface area contributed by atoms with Gasteiger partial charge in [-0.2, -0.15) is 5.10 Å². The van der Waals surface area contributed by atoms with Crippen LogP contribution in [0.2, 0.25) is 0 Å². The van der Waals surface area contributed by atoms with Crippen LogP contribution in [0.3, 0.4) is 0 Å². The van der Waals surface area contributed by atoms with Crippen molar-refractivity contribution in [3.63, 3.8) is 0 Å². The number of anilines is 1. The van der Waals surface area contributed by atoms with E-state index in [9.17, 15) is 4.79 Å². The van der Waals surface area contributed by atoms with Gasteiger partial charge in [-0.25, -0.2) is 9.67 Å². The van der Waals surface area contributed by atoms with Gasteiger partial charge in [0.05, 0.1) is 18.4 Å². The van der Waals surface area contributed by atoms with Gasteiger partial charge in [0.15, 0.2) is 0 Å². The van der Waals surface area contributed by atoms with Crippen molar-refractivity contribution in [3.8, 4) is 11.3 Å².